The van der Waals surface area contributed by atoms with E-state index in [0.717, 1.165) is 17.7 Å². The van der Waals surface area contributed by atoms with Crippen LogP contribution in [0.2, 0.25) is 5.02 Å². The number of hydrogen-bond donors (Lipinski definition) is 0. The summed E-state index contributed by atoms with van der Waals surface area (Å²) in [5.41, 5.74) is 2.67. The lowest BCUT2D eigenvalue weighted by Gasteiger charge is -2.30. The molecule has 2 rings (SSSR count). The van der Waals surface area contributed by atoms with E-state index in [1.807, 2.05) is 45.8 Å². The largest absolute Gasteiger partial charge is 0.495 e. The maximum absolute atomic E-state index is 12.2. The van der Waals surface area contributed by atoms with Crippen LogP contribution in [0.1, 0.15) is 32.8 Å². The lowest BCUT2D eigenvalue weighted by molar-refractivity contribution is 0.0270. The Balaban J connectivity index is 2.21. The van der Waals surface area contributed by atoms with E-state index in [1.54, 1.807) is 12.0 Å². The number of halogens is 1. The number of anilines is 1. The zero-order chi connectivity index (χ0) is 18.8. The maximum Gasteiger partial charge on any atom is 0.410 e. The van der Waals surface area contributed by atoms with Crippen molar-refractivity contribution >= 4 is 29.0 Å². The highest BCUT2D eigenvalue weighted by Gasteiger charge is 2.24. The molecular weight excluding hydrogens is 340 g/mol. The lowest BCUT2D eigenvalue weighted by atomic mass is 9.98. The van der Waals surface area contributed by atoms with Crippen LogP contribution in [-0.4, -0.2) is 50.9 Å². The van der Waals surface area contributed by atoms with Crippen molar-refractivity contribution in [1.29, 1.82) is 0 Å². The minimum Gasteiger partial charge on any atom is -0.495 e. The zero-order valence-electron chi connectivity index (χ0n) is 15.9. The Labute approximate surface area is 155 Å². The van der Waals surface area contributed by atoms with Gasteiger partial charge >= 0.3 is 6.09 Å². The Morgan fingerprint density at radius 3 is 2.44 bits per heavy atom. The van der Waals surface area contributed by atoms with Crippen molar-refractivity contribution in [3.63, 3.8) is 0 Å². The molecule has 0 saturated heterocycles. The minimum absolute atomic E-state index is 0.273. The Hall–Kier alpha value is -1.88. The normalized spacial score (nSPS) is 14.8. The topological polar surface area (TPSA) is 42.0 Å². The predicted octanol–water partition coefficient (Wildman–Crippen LogP) is 4.44. The molecule has 0 N–H and O–H groups in total. The third-order valence-electron chi connectivity index (χ3n) is 3.95. The van der Waals surface area contributed by atoms with E-state index in [1.165, 1.54) is 5.57 Å². The van der Waals surface area contributed by atoms with Gasteiger partial charge in [0.2, 0.25) is 0 Å². The third-order valence-corrected chi connectivity index (χ3v) is 4.33. The van der Waals surface area contributed by atoms with Crippen molar-refractivity contribution in [2.24, 2.45) is 0 Å². The number of hydrogen-bond acceptors (Lipinski definition) is 4. The van der Waals surface area contributed by atoms with E-state index < -0.39 is 5.60 Å². The van der Waals surface area contributed by atoms with Crippen LogP contribution in [0, 0.1) is 0 Å². The molecule has 0 aromatic heterocycles. The van der Waals surface area contributed by atoms with Crippen LogP contribution >= 0.6 is 11.6 Å². The number of benzene rings is 1. The Kier molecular flexibility index (Phi) is 5.88. The van der Waals surface area contributed by atoms with Crippen LogP contribution in [0.15, 0.2) is 18.2 Å². The van der Waals surface area contributed by atoms with E-state index in [9.17, 15) is 4.79 Å². The molecule has 1 amide bonds. The number of nitrogens with zero attached hydrogens (tertiary/aromatic N) is 2. The van der Waals surface area contributed by atoms with Crippen LogP contribution in [0.4, 0.5) is 10.5 Å². The average Bonchev–Trinajstić information content (AvgIpc) is 2.53. The fourth-order valence-electron chi connectivity index (χ4n) is 2.67. The van der Waals surface area contributed by atoms with Crippen molar-refractivity contribution in [2.75, 3.05) is 39.2 Å². The summed E-state index contributed by atoms with van der Waals surface area (Å²) in [5, 5.41) is 0.600. The monoisotopic (exact) mass is 366 g/mol. The quantitative estimate of drug-likeness (QED) is 0.793. The first-order valence-corrected chi connectivity index (χ1v) is 8.72. The van der Waals surface area contributed by atoms with Gasteiger partial charge in [-0.15, -0.1) is 0 Å². The summed E-state index contributed by atoms with van der Waals surface area (Å²) in [6.45, 7) is 6.78. The van der Waals surface area contributed by atoms with Gasteiger partial charge in [0.05, 0.1) is 12.8 Å². The van der Waals surface area contributed by atoms with Crippen molar-refractivity contribution in [1.82, 2.24) is 4.90 Å². The van der Waals surface area contributed by atoms with Gasteiger partial charge in [0, 0.05) is 27.2 Å². The highest BCUT2D eigenvalue weighted by Crippen LogP contribution is 2.38. The highest BCUT2D eigenvalue weighted by molar-refractivity contribution is 6.34. The van der Waals surface area contributed by atoms with Gasteiger partial charge in [-0.2, -0.15) is 0 Å². The summed E-state index contributed by atoms with van der Waals surface area (Å²) in [6.07, 6.45) is 2.55. The minimum atomic E-state index is -0.481. The van der Waals surface area contributed by atoms with Gasteiger partial charge in [-0.05, 0) is 50.5 Å². The van der Waals surface area contributed by atoms with E-state index in [4.69, 9.17) is 21.1 Å². The summed E-state index contributed by atoms with van der Waals surface area (Å²) < 4.78 is 10.8. The Bertz CT molecular complexity index is 678. The van der Waals surface area contributed by atoms with Crippen LogP contribution in [0.5, 0.6) is 5.75 Å². The maximum atomic E-state index is 12.2. The molecule has 138 valence electrons. The SMILES string of the molecule is COc1cc(C2=CCN(C(=O)OC(C)(C)C)CC2)cc(N(C)C)c1Cl. The zero-order valence-corrected chi connectivity index (χ0v) is 16.6. The first-order chi connectivity index (χ1) is 11.6. The second-order valence-electron chi connectivity index (χ2n) is 7.31. The second-order valence-corrected chi connectivity index (χ2v) is 7.69. The standard InChI is InChI=1S/C19H27ClN2O3/c1-19(2,3)25-18(23)22-9-7-13(8-10-22)14-11-15(21(4)5)17(20)16(12-14)24-6/h7,11-12H,8-10H2,1-6H3. The highest BCUT2D eigenvalue weighted by atomic mass is 35.5. The van der Waals surface area contributed by atoms with Gasteiger partial charge in [0.15, 0.2) is 0 Å². The molecule has 0 fully saturated rings. The molecule has 1 aromatic rings. The van der Waals surface area contributed by atoms with E-state index in [-0.39, 0.29) is 6.09 Å². The van der Waals surface area contributed by atoms with Gasteiger partial charge in [0.1, 0.15) is 16.4 Å². The smallest absolute Gasteiger partial charge is 0.410 e. The van der Waals surface area contributed by atoms with Crippen molar-refractivity contribution in [3.8, 4) is 5.75 Å². The first-order valence-electron chi connectivity index (χ1n) is 8.34. The number of amides is 1. The van der Waals surface area contributed by atoms with E-state index >= 15 is 0 Å². The molecule has 1 aromatic carbocycles. The van der Waals surface area contributed by atoms with Crippen LogP contribution < -0.4 is 9.64 Å². The Morgan fingerprint density at radius 1 is 1.28 bits per heavy atom. The molecule has 0 saturated carbocycles. The molecule has 0 spiro atoms. The van der Waals surface area contributed by atoms with Gasteiger partial charge in [-0.25, -0.2) is 4.79 Å². The molecule has 0 radical (unpaired) electrons. The molecular formula is C19H27ClN2O3. The van der Waals surface area contributed by atoms with Gasteiger partial charge in [0.25, 0.3) is 0 Å². The fraction of sp³-hybridized carbons (Fsp3) is 0.526. The molecule has 0 unspecified atom stereocenters. The number of ether oxygens (including phenoxy) is 2. The average molecular weight is 367 g/mol. The van der Waals surface area contributed by atoms with E-state index in [2.05, 4.69) is 12.1 Å². The van der Waals surface area contributed by atoms with Gasteiger partial charge in [-0.3, -0.25) is 0 Å². The number of carbonyl (C=O) groups is 1. The van der Waals surface area contributed by atoms with Crippen molar-refractivity contribution < 1.29 is 14.3 Å². The molecule has 0 atom stereocenters. The summed E-state index contributed by atoms with van der Waals surface area (Å²) in [7, 11) is 5.51. The molecule has 5 nitrogen and oxygen atoms in total. The second kappa shape index (κ2) is 7.56. The number of rotatable bonds is 3. The Morgan fingerprint density at radius 2 is 1.96 bits per heavy atom. The fourth-order valence-corrected chi connectivity index (χ4v) is 3.02. The number of methoxy groups -OCH3 is 1. The summed E-state index contributed by atoms with van der Waals surface area (Å²) in [5.74, 6) is 0.651. The molecule has 0 aliphatic carbocycles. The third kappa shape index (κ3) is 4.82. The first kappa shape index (κ1) is 19.4. The van der Waals surface area contributed by atoms with Crippen LogP contribution in [-0.2, 0) is 4.74 Å². The van der Waals surface area contributed by atoms with Crippen LogP contribution in [0.3, 0.4) is 0 Å². The van der Waals surface area contributed by atoms with Gasteiger partial charge in [-0.1, -0.05) is 17.7 Å². The van der Waals surface area contributed by atoms with E-state index in [0.29, 0.717) is 23.9 Å². The van der Waals surface area contributed by atoms with Crippen LogP contribution in [0.25, 0.3) is 5.57 Å². The molecule has 6 heteroatoms. The van der Waals surface area contributed by atoms with Crippen molar-refractivity contribution in [3.05, 3.63) is 28.8 Å². The lowest BCUT2D eigenvalue weighted by Crippen LogP contribution is -2.39. The van der Waals surface area contributed by atoms with Crippen molar-refractivity contribution in [2.45, 2.75) is 32.8 Å². The number of carbonyl (C=O) groups excluding carboxylic acids is 1. The summed E-state index contributed by atoms with van der Waals surface area (Å²) in [6, 6.07) is 4.00. The molecule has 0 bridgehead atoms. The molecule has 1 aliphatic rings. The predicted molar refractivity (Wildman–Crippen MR) is 103 cm³/mol. The molecule has 1 aliphatic heterocycles. The summed E-state index contributed by atoms with van der Waals surface area (Å²) >= 11 is 6.39. The molecule has 1 heterocycles. The molecule has 25 heavy (non-hydrogen) atoms. The summed E-state index contributed by atoms with van der Waals surface area (Å²) in [4.78, 5) is 15.9. The van der Waals surface area contributed by atoms with Gasteiger partial charge < -0.3 is 19.3 Å².